The molecular weight excluding hydrogens is 300 g/mol. The maximum absolute atomic E-state index is 12.6. The van der Waals surface area contributed by atoms with Gasteiger partial charge in [0.15, 0.2) is 0 Å². The molecule has 0 heterocycles. The van der Waals surface area contributed by atoms with Crippen LogP contribution >= 0.6 is 0 Å². The summed E-state index contributed by atoms with van der Waals surface area (Å²) in [6.07, 6.45) is 4.51. The number of hydrogen-bond acceptors (Lipinski definition) is 2. The van der Waals surface area contributed by atoms with Crippen LogP contribution in [-0.4, -0.2) is 14.3 Å². The van der Waals surface area contributed by atoms with Crippen LogP contribution in [0.4, 0.5) is 0 Å². The molecule has 0 saturated carbocycles. The van der Waals surface area contributed by atoms with Gasteiger partial charge >= 0.3 is 5.97 Å². The zero-order valence-corrected chi connectivity index (χ0v) is 18.1. The van der Waals surface area contributed by atoms with Crippen LogP contribution in [0.5, 0.6) is 0 Å². The summed E-state index contributed by atoms with van der Waals surface area (Å²) in [6.45, 7) is 23.9. The minimum absolute atomic E-state index is 0.0291. The minimum atomic E-state index is -2.37. The molecule has 0 N–H and O–H groups in total. The Kier molecular flexibility index (Phi) is 8.83. The molecule has 0 saturated heterocycles. The highest BCUT2D eigenvalue weighted by molar-refractivity contribution is 6.80. The van der Waals surface area contributed by atoms with Crippen LogP contribution in [0, 0.1) is 5.92 Å². The summed E-state index contributed by atoms with van der Waals surface area (Å²) in [5, 5.41) is 0.0291. The molecule has 0 aromatic rings. The lowest BCUT2D eigenvalue weighted by Crippen LogP contribution is -2.57. The van der Waals surface area contributed by atoms with Gasteiger partial charge in [0, 0.05) is 5.57 Å². The normalized spacial score (nSPS) is 17.5. The average Bonchev–Trinajstić information content (AvgIpc) is 2.43. The highest BCUT2D eigenvalue weighted by atomic mass is 28.4. The van der Waals surface area contributed by atoms with E-state index < -0.39 is 8.32 Å². The van der Waals surface area contributed by atoms with E-state index in [0.717, 1.165) is 25.7 Å². The summed E-state index contributed by atoms with van der Waals surface area (Å²) in [6, 6.07) is 0. The molecule has 0 aromatic heterocycles. The SMILES string of the molecule is C=C(C)C(=O)O[Si](C(C)CCC)(C(C)CCC)C(C)(C)C(C)C. The molecule has 2 atom stereocenters. The molecule has 0 spiro atoms. The van der Waals surface area contributed by atoms with Crippen LogP contribution in [-0.2, 0) is 9.22 Å². The third-order valence-electron chi connectivity index (χ3n) is 5.97. The van der Waals surface area contributed by atoms with Gasteiger partial charge in [-0.25, -0.2) is 4.79 Å². The number of hydrogen-bond donors (Lipinski definition) is 0. The van der Waals surface area contributed by atoms with E-state index in [2.05, 4.69) is 62.0 Å². The molecule has 0 rings (SSSR count). The highest BCUT2D eigenvalue weighted by Gasteiger charge is 2.59. The van der Waals surface area contributed by atoms with Crippen molar-refractivity contribution in [1.29, 1.82) is 0 Å². The fourth-order valence-corrected chi connectivity index (χ4v) is 11.1. The topological polar surface area (TPSA) is 26.3 Å². The maximum atomic E-state index is 12.6. The van der Waals surface area contributed by atoms with Gasteiger partial charge in [-0.3, -0.25) is 0 Å². The molecule has 0 bridgehead atoms. The van der Waals surface area contributed by atoms with E-state index >= 15 is 0 Å². The standard InChI is InChI=1S/C20H40O2Si/c1-11-13-17(7)23(18(8)14-12-2,20(9,10)16(5)6)22-19(21)15(3)4/h16-18H,3,11-14H2,1-2,4-10H3. The molecular formula is C20H40O2Si. The largest absolute Gasteiger partial charge is 0.515 e. The average molecular weight is 341 g/mol. The van der Waals surface area contributed by atoms with Crippen molar-refractivity contribution in [3.63, 3.8) is 0 Å². The van der Waals surface area contributed by atoms with Gasteiger partial charge < -0.3 is 4.43 Å². The van der Waals surface area contributed by atoms with E-state index in [-0.39, 0.29) is 11.0 Å². The lowest BCUT2D eigenvalue weighted by atomic mass is 9.99. The Bertz CT molecular complexity index is 386. The molecule has 136 valence electrons. The van der Waals surface area contributed by atoms with Crippen molar-refractivity contribution in [3.05, 3.63) is 12.2 Å². The molecule has 0 aliphatic rings. The summed E-state index contributed by atoms with van der Waals surface area (Å²) in [5.41, 5.74) is 1.43. The Morgan fingerprint density at radius 3 is 1.70 bits per heavy atom. The fraction of sp³-hybridized carbons (Fsp3) is 0.850. The number of carbonyl (C=O) groups is 1. The van der Waals surface area contributed by atoms with E-state index in [1.807, 2.05) is 0 Å². The summed E-state index contributed by atoms with van der Waals surface area (Å²) < 4.78 is 6.45. The maximum Gasteiger partial charge on any atom is 0.319 e. The number of carbonyl (C=O) groups excluding carboxylic acids is 1. The Hall–Kier alpha value is -0.573. The van der Waals surface area contributed by atoms with E-state index in [9.17, 15) is 4.79 Å². The van der Waals surface area contributed by atoms with Gasteiger partial charge in [-0.1, -0.05) is 87.7 Å². The van der Waals surface area contributed by atoms with Crippen LogP contribution in [0.25, 0.3) is 0 Å². The second kappa shape index (κ2) is 9.05. The predicted octanol–water partition coefficient (Wildman–Crippen LogP) is 6.87. The molecule has 3 heteroatoms. The van der Waals surface area contributed by atoms with Gasteiger partial charge in [0.25, 0.3) is 8.32 Å². The second-order valence-corrected chi connectivity index (χ2v) is 13.3. The molecule has 2 unspecified atom stereocenters. The van der Waals surface area contributed by atoms with Crippen molar-refractivity contribution in [2.24, 2.45) is 5.92 Å². The van der Waals surface area contributed by atoms with Crippen LogP contribution in [0.3, 0.4) is 0 Å². The van der Waals surface area contributed by atoms with Crippen molar-refractivity contribution in [2.75, 3.05) is 0 Å². The van der Waals surface area contributed by atoms with Gasteiger partial charge in [0.2, 0.25) is 0 Å². The Balaban J connectivity index is 6.21. The molecule has 0 amide bonds. The Labute approximate surface area is 146 Å². The van der Waals surface area contributed by atoms with Crippen molar-refractivity contribution in [2.45, 2.75) is 104 Å². The van der Waals surface area contributed by atoms with Crippen molar-refractivity contribution in [1.82, 2.24) is 0 Å². The first-order chi connectivity index (χ1) is 10.5. The van der Waals surface area contributed by atoms with Crippen LogP contribution < -0.4 is 0 Å². The minimum Gasteiger partial charge on any atom is -0.515 e. The molecule has 0 aliphatic heterocycles. The lowest BCUT2D eigenvalue weighted by Gasteiger charge is -2.52. The predicted molar refractivity (Wildman–Crippen MR) is 104 cm³/mol. The van der Waals surface area contributed by atoms with E-state index in [4.69, 9.17) is 4.43 Å². The molecule has 0 aliphatic carbocycles. The smallest absolute Gasteiger partial charge is 0.319 e. The third-order valence-corrected chi connectivity index (χ3v) is 12.6. The molecule has 0 aromatic carbocycles. The van der Waals surface area contributed by atoms with Gasteiger partial charge in [-0.2, -0.15) is 0 Å². The Morgan fingerprint density at radius 2 is 1.43 bits per heavy atom. The molecule has 0 fully saturated rings. The van der Waals surface area contributed by atoms with Gasteiger partial charge in [-0.05, 0) is 29.0 Å². The third kappa shape index (κ3) is 4.71. The highest BCUT2D eigenvalue weighted by Crippen LogP contribution is 2.57. The van der Waals surface area contributed by atoms with Gasteiger partial charge in [-0.15, -0.1) is 0 Å². The zero-order chi connectivity index (χ0) is 18.4. The Morgan fingerprint density at radius 1 is 1.04 bits per heavy atom. The first-order valence-electron chi connectivity index (χ1n) is 9.37. The molecule has 23 heavy (non-hydrogen) atoms. The van der Waals surface area contributed by atoms with E-state index in [0.29, 0.717) is 22.6 Å². The first-order valence-corrected chi connectivity index (χ1v) is 11.4. The molecule has 0 radical (unpaired) electrons. The monoisotopic (exact) mass is 340 g/mol. The fourth-order valence-electron chi connectivity index (χ4n) is 4.08. The summed E-state index contributed by atoms with van der Waals surface area (Å²) in [5.74, 6) is 0.294. The zero-order valence-electron chi connectivity index (χ0n) is 17.1. The first kappa shape index (κ1) is 22.4. The van der Waals surface area contributed by atoms with E-state index in [1.54, 1.807) is 6.92 Å². The van der Waals surface area contributed by atoms with Crippen molar-refractivity contribution >= 4 is 14.3 Å². The summed E-state index contributed by atoms with van der Waals surface area (Å²) in [4.78, 5) is 12.6. The second-order valence-electron chi connectivity index (χ2n) is 8.22. The van der Waals surface area contributed by atoms with Crippen molar-refractivity contribution < 1.29 is 9.22 Å². The van der Waals surface area contributed by atoms with E-state index in [1.165, 1.54) is 0 Å². The van der Waals surface area contributed by atoms with Gasteiger partial charge in [0.1, 0.15) is 0 Å². The quantitative estimate of drug-likeness (QED) is 0.320. The van der Waals surface area contributed by atoms with Crippen LogP contribution in [0.2, 0.25) is 16.1 Å². The summed E-state index contributed by atoms with van der Waals surface area (Å²) >= 11 is 0. The lowest BCUT2D eigenvalue weighted by molar-refractivity contribution is -0.131. The van der Waals surface area contributed by atoms with Crippen molar-refractivity contribution in [3.8, 4) is 0 Å². The van der Waals surface area contributed by atoms with Crippen LogP contribution in [0.1, 0.15) is 88.0 Å². The van der Waals surface area contributed by atoms with Gasteiger partial charge in [0.05, 0.1) is 0 Å². The molecule has 2 nitrogen and oxygen atoms in total. The summed E-state index contributed by atoms with van der Waals surface area (Å²) in [7, 11) is -2.37. The number of rotatable bonds is 10. The van der Waals surface area contributed by atoms with Crippen LogP contribution in [0.15, 0.2) is 12.2 Å².